The first-order chi connectivity index (χ1) is 9.20. The van der Waals surface area contributed by atoms with E-state index in [-0.39, 0.29) is 11.3 Å². The summed E-state index contributed by atoms with van der Waals surface area (Å²) in [5, 5.41) is 0.431. The molecule has 4 nitrogen and oxygen atoms in total. The van der Waals surface area contributed by atoms with Gasteiger partial charge in [0, 0.05) is 38.7 Å². The summed E-state index contributed by atoms with van der Waals surface area (Å²) < 4.78 is 5.42. The molecule has 102 valence electrons. The fourth-order valence-electron chi connectivity index (χ4n) is 3.04. The monoisotopic (exact) mass is 280 g/mol. The minimum atomic E-state index is 0.0239. The number of halogens is 1. The lowest BCUT2D eigenvalue weighted by Gasteiger charge is -2.33. The summed E-state index contributed by atoms with van der Waals surface area (Å²) in [6.45, 7) is 3.28. The maximum Gasteiger partial charge on any atom is 0.255 e. The third-order valence-electron chi connectivity index (χ3n) is 4.28. The van der Waals surface area contributed by atoms with E-state index in [4.69, 9.17) is 16.3 Å². The number of pyridine rings is 1. The minimum Gasteiger partial charge on any atom is -0.381 e. The molecule has 0 radical (unpaired) electrons. The number of ether oxygens (including phenoxy) is 1. The Balaban J connectivity index is 1.74. The van der Waals surface area contributed by atoms with Crippen LogP contribution in [0.5, 0.6) is 0 Å². The van der Waals surface area contributed by atoms with E-state index >= 15 is 0 Å². The van der Waals surface area contributed by atoms with E-state index in [0.29, 0.717) is 10.6 Å². The smallest absolute Gasteiger partial charge is 0.255 e. The van der Waals surface area contributed by atoms with Crippen LogP contribution in [-0.2, 0) is 4.74 Å². The number of amides is 1. The second-order valence-corrected chi connectivity index (χ2v) is 5.85. The number of nitrogens with zero attached hydrogens (tertiary/aromatic N) is 2. The molecule has 0 atom stereocenters. The number of hydrogen-bond acceptors (Lipinski definition) is 3. The highest BCUT2D eigenvalue weighted by atomic mass is 35.5. The largest absolute Gasteiger partial charge is 0.381 e. The zero-order valence-corrected chi connectivity index (χ0v) is 11.5. The van der Waals surface area contributed by atoms with Crippen LogP contribution in [0.2, 0.25) is 5.02 Å². The molecule has 2 saturated heterocycles. The van der Waals surface area contributed by atoms with Gasteiger partial charge in [-0.2, -0.15) is 0 Å². The Bertz CT molecular complexity index is 486. The van der Waals surface area contributed by atoms with Gasteiger partial charge in [0.1, 0.15) is 0 Å². The quantitative estimate of drug-likeness (QED) is 0.793. The van der Waals surface area contributed by atoms with Crippen molar-refractivity contribution in [2.75, 3.05) is 26.3 Å². The van der Waals surface area contributed by atoms with Crippen LogP contribution in [0, 0.1) is 5.41 Å². The van der Waals surface area contributed by atoms with Crippen molar-refractivity contribution in [3.8, 4) is 0 Å². The van der Waals surface area contributed by atoms with E-state index in [1.807, 2.05) is 4.90 Å². The van der Waals surface area contributed by atoms with E-state index in [2.05, 4.69) is 4.98 Å². The Hall–Kier alpha value is -1.13. The van der Waals surface area contributed by atoms with Gasteiger partial charge in [0.15, 0.2) is 0 Å². The van der Waals surface area contributed by atoms with E-state index in [1.54, 1.807) is 12.3 Å². The predicted octanol–water partition coefficient (Wildman–Crippen LogP) is 2.38. The molecule has 0 aromatic carbocycles. The van der Waals surface area contributed by atoms with E-state index < -0.39 is 0 Å². The van der Waals surface area contributed by atoms with Crippen molar-refractivity contribution in [3.05, 3.63) is 29.0 Å². The number of aromatic nitrogens is 1. The molecule has 0 N–H and O–H groups in total. The molecule has 2 aliphatic heterocycles. The second-order valence-electron chi connectivity index (χ2n) is 5.44. The van der Waals surface area contributed by atoms with Gasteiger partial charge in [0.2, 0.25) is 0 Å². The lowest BCUT2D eigenvalue weighted by atomic mass is 9.80. The molecular weight excluding hydrogens is 264 g/mol. The highest BCUT2D eigenvalue weighted by Gasteiger charge is 2.41. The first kappa shape index (κ1) is 12.9. The van der Waals surface area contributed by atoms with Crippen LogP contribution in [0.3, 0.4) is 0 Å². The number of carbonyl (C=O) groups is 1. The second kappa shape index (κ2) is 5.10. The molecule has 0 unspecified atom stereocenters. The van der Waals surface area contributed by atoms with Crippen molar-refractivity contribution in [1.82, 2.24) is 9.88 Å². The molecule has 2 aliphatic rings. The van der Waals surface area contributed by atoms with Gasteiger partial charge >= 0.3 is 0 Å². The van der Waals surface area contributed by atoms with Crippen LogP contribution in [0.25, 0.3) is 0 Å². The molecule has 3 heterocycles. The lowest BCUT2D eigenvalue weighted by Crippen LogP contribution is -2.35. The van der Waals surface area contributed by atoms with E-state index in [1.165, 1.54) is 6.20 Å². The van der Waals surface area contributed by atoms with E-state index in [9.17, 15) is 4.79 Å². The Morgan fingerprint density at radius 1 is 1.37 bits per heavy atom. The molecule has 19 heavy (non-hydrogen) atoms. The van der Waals surface area contributed by atoms with Crippen LogP contribution < -0.4 is 0 Å². The normalized spacial score (nSPS) is 21.8. The molecule has 2 fully saturated rings. The van der Waals surface area contributed by atoms with Crippen LogP contribution in [0.1, 0.15) is 29.6 Å². The fourth-order valence-corrected chi connectivity index (χ4v) is 3.24. The SMILES string of the molecule is O=C(c1ccncc1Cl)N1CCC2(CCOCC2)C1. The van der Waals surface area contributed by atoms with Gasteiger partial charge in [-0.15, -0.1) is 0 Å². The summed E-state index contributed by atoms with van der Waals surface area (Å²) in [5.41, 5.74) is 0.828. The predicted molar refractivity (Wildman–Crippen MR) is 72.3 cm³/mol. The topological polar surface area (TPSA) is 42.4 Å². The molecule has 0 saturated carbocycles. The number of likely N-dealkylation sites (tertiary alicyclic amines) is 1. The zero-order chi connectivity index (χ0) is 13.3. The summed E-state index contributed by atoms with van der Waals surface area (Å²) in [6.07, 6.45) is 6.32. The number of carbonyl (C=O) groups excluding carboxylic acids is 1. The maximum absolute atomic E-state index is 12.5. The average molecular weight is 281 g/mol. The Morgan fingerprint density at radius 2 is 2.16 bits per heavy atom. The van der Waals surface area contributed by atoms with Crippen molar-refractivity contribution in [2.45, 2.75) is 19.3 Å². The molecule has 5 heteroatoms. The first-order valence-corrected chi connectivity index (χ1v) is 7.05. The number of hydrogen-bond donors (Lipinski definition) is 0. The van der Waals surface area contributed by atoms with E-state index in [0.717, 1.165) is 45.6 Å². The van der Waals surface area contributed by atoms with Crippen molar-refractivity contribution in [1.29, 1.82) is 0 Å². The van der Waals surface area contributed by atoms with Crippen LogP contribution in [0.4, 0.5) is 0 Å². The molecular formula is C14H17ClN2O2. The maximum atomic E-state index is 12.5. The van der Waals surface area contributed by atoms with Gasteiger partial charge in [-0.1, -0.05) is 11.6 Å². The standard InChI is InChI=1S/C14H17ClN2O2/c15-12-9-16-5-1-11(12)13(18)17-6-2-14(10-17)3-7-19-8-4-14/h1,5,9H,2-4,6-8,10H2. The summed E-state index contributed by atoms with van der Waals surface area (Å²) in [4.78, 5) is 18.3. The van der Waals surface area contributed by atoms with Gasteiger partial charge in [-0.3, -0.25) is 9.78 Å². The number of rotatable bonds is 1. The van der Waals surface area contributed by atoms with Crippen LogP contribution in [-0.4, -0.2) is 42.1 Å². The fraction of sp³-hybridized carbons (Fsp3) is 0.571. The molecule has 3 rings (SSSR count). The van der Waals surface area contributed by atoms with Crippen molar-refractivity contribution < 1.29 is 9.53 Å². The Kier molecular flexibility index (Phi) is 3.46. The summed E-state index contributed by atoms with van der Waals surface area (Å²) in [5.74, 6) is 0.0239. The third-order valence-corrected chi connectivity index (χ3v) is 4.58. The summed E-state index contributed by atoms with van der Waals surface area (Å²) in [6, 6.07) is 1.69. The highest BCUT2D eigenvalue weighted by molar-refractivity contribution is 6.33. The highest BCUT2D eigenvalue weighted by Crippen LogP contribution is 2.40. The van der Waals surface area contributed by atoms with Crippen LogP contribution in [0.15, 0.2) is 18.5 Å². The van der Waals surface area contributed by atoms with Gasteiger partial charge in [-0.05, 0) is 30.7 Å². The van der Waals surface area contributed by atoms with Gasteiger partial charge < -0.3 is 9.64 Å². The van der Waals surface area contributed by atoms with Crippen molar-refractivity contribution in [3.63, 3.8) is 0 Å². The average Bonchev–Trinajstić information content (AvgIpc) is 2.83. The Labute approximate surface area is 117 Å². The Morgan fingerprint density at radius 3 is 2.89 bits per heavy atom. The first-order valence-electron chi connectivity index (χ1n) is 6.67. The van der Waals surface area contributed by atoms with Crippen molar-refractivity contribution >= 4 is 17.5 Å². The van der Waals surface area contributed by atoms with Gasteiger partial charge in [-0.25, -0.2) is 0 Å². The minimum absolute atomic E-state index is 0.0239. The summed E-state index contributed by atoms with van der Waals surface area (Å²) in [7, 11) is 0. The summed E-state index contributed by atoms with van der Waals surface area (Å²) >= 11 is 6.04. The molecule has 1 spiro atoms. The van der Waals surface area contributed by atoms with Gasteiger partial charge in [0.25, 0.3) is 5.91 Å². The molecule has 1 amide bonds. The molecule has 0 bridgehead atoms. The lowest BCUT2D eigenvalue weighted by molar-refractivity contribution is 0.0191. The molecule has 0 aliphatic carbocycles. The van der Waals surface area contributed by atoms with Crippen LogP contribution >= 0.6 is 11.6 Å². The zero-order valence-electron chi connectivity index (χ0n) is 10.8. The third kappa shape index (κ3) is 2.47. The molecule has 1 aromatic heterocycles. The van der Waals surface area contributed by atoms with Gasteiger partial charge in [0.05, 0.1) is 10.6 Å². The molecule has 1 aromatic rings. The van der Waals surface area contributed by atoms with Crippen molar-refractivity contribution in [2.24, 2.45) is 5.41 Å².